The van der Waals surface area contributed by atoms with Crippen LogP contribution in [0.5, 0.6) is 0 Å². The Morgan fingerprint density at radius 1 is 0.404 bits per heavy atom. The zero-order valence-electron chi connectivity index (χ0n) is 50.1. The fourth-order valence-corrected chi connectivity index (χ4v) is 9.99. The van der Waals surface area contributed by atoms with E-state index >= 15 is 0 Å². The molecule has 38 heteroatoms. The normalized spacial score (nSPS) is 24.8. The molecule has 7 unspecified atom stereocenters. The van der Waals surface area contributed by atoms with Gasteiger partial charge in [-0.25, -0.2) is 14.2 Å². The van der Waals surface area contributed by atoms with Crippen LogP contribution >= 0.6 is 0 Å². The Balaban J connectivity index is 0.00000107. The van der Waals surface area contributed by atoms with Gasteiger partial charge in [-0.2, -0.15) is 123 Å². The summed E-state index contributed by atoms with van der Waals surface area (Å²) in [4.78, 5) is 0.110. The minimum absolute atomic E-state index is 0.00123. The van der Waals surface area contributed by atoms with Crippen molar-refractivity contribution in [2.24, 2.45) is 35.5 Å². The maximum atomic E-state index is 13.7. The van der Waals surface area contributed by atoms with E-state index in [1.54, 1.807) is 13.8 Å². The molecule has 5 rings (SSSR count). The van der Waals surface area contributed by atoms with Gasteiger partial charge in [-0.3, -0.25) is 0 Å². The van der Waals surface area contributed by atoms with Gasteiger partial charge in [0, 0.05) is 61.5 Å². The van der Waals surface area contributed by atoms with Gasteiger partial charge in [0.1, 0.15) is 0 Å². The van der Waals surface area contributed by atoms with E-state index in [9.17, 15) is 127 Å². The van der Waals surface area contributed by atoms with Crippen molar-refractivity contribution in [1.29, 1.82) is 0 Å². The van der Waals surface area contributed by atoms with Gasteiger partial charge < -0.3 is 33.2 Å². The lowest BCUT2D eigenvalue weighted by Gasteiger charge is -2.43. The van der Waals surface area contributed by atoms with E-state index in [1.807, 2.05) is 0 Å². The van der Waals surface area contributed by atoms with Crippen molar-refractivity contribution in [3.8, 4) is 0 Å². The Kier molecular flexibility index (Phi) is 32.0. The number of methoxy groups -OCH3 is 4. The number of hydrogen-bond acceptors (Lipinski definition) is 9. The molecule has 89 heavy (non-hydrogen) atoms. The summed E-state index contributed by atoms with van der Waals surface area (Å²) < 4.78 is 395. The number of nitrogens with zero attached hydrogens (tertiary/aromatic N) is 2. The van der Waals surface area contributed by atoms with Crippen LogP contribution in [-0.2, 0) is 33.2 Å². The largest absolute Gasteiger partial charge is 0.452 e. The number of morpholine rings is 1. The van der Waals surface area contributed by atoms with Crippen molar-refractivity contribution in [3.05, 3.63) is 0 Å². The molecule has 0 aromatic rings. The monoisotopic (exact) mass is 1380 g/mol. The van der Waals surface area contributed by atoms with Crippen LogP contribution in [0.25, 0.3) is 0 Å². The van der Waals surface area contributed by atoms with Gasteiger partial charge in [0.2, 0.25) is 0 Å². The summed E-state index contributed by atoms with van der Waals surface area (Å²) in [5, 5.41) is 0. The standard InChI is InChI=1S/C13H22F2O.C11H17F6NO.C10H15F6NO2.C8H14F2O.C6H3F11O.C3H6F2O/c1-9-3-4-11-8-12(13(14,15)16-2)6-5-10(11)7-9;1-3-19-11(16,17)9(12,13)10(14,15)18-6-4-8(2)5-7-18;1-6-4-17(5-7(2)19-6)9(13,14)8(11,12)10(15,16)18-3;1-2-11-8(9,10)7-5-3-4-6-7;1-18-3(8,6(15,16)17)2(7,4(9,10)11)5(12,13)14;1-3(4,5)6-2/h9-12H,3-8H2,1-2H3;8H,3-7H2,1-2H3;6-7H,4-5H2,1-3H3;7H,2-6H2,1H3;1H3;1-2H3. The van der Waals surface area contributed by atoms with Crippen LogP contribution in [0.1, 0.15) is 126 Å². The Labute approximate surface area is 495 Å². The van der Waals surface area contributed by atoms with Gasteiger partial charge in [0.15, 0.2) is 0 Å². The smallest absolute Gasteiger partial charge is 0.373 e. The van der Waals surface area contributed by atoms with E-state index in [2.05, 4.69) is 35.3 Å². The van der Waals surface area contributed by atoms with Gasteiger partial charge >= 0.3 is 84.5 Å². The lowest BCUT2D eigenvalue weighted by atomic mass is 9.65. The molecule has 2 heterocycles. The van der Waals surface area contributed by atoms with Crippen molar-refractivity contribution in [2.75, 3.05) is 67.8 Å². The van der Waals surface area contributed by atoms with Crippen LogP contribution < -0.4 is 0 Å². The molecule has 0 spiro atoms. The second-order valence-corrected chi connectivity index (χ2v) is 21.9. The van der Waals surface area contributed by atoms with Gasteiger partial charge in [-0.05, 0) is 109 Å². The van der Waals surface area contributed by atoms with Crippen molar-refractivity contribution in [3.63, 3.8) is 0 Å². The van der Waals surface area contributed by atoms with E-state index in [-0.39, 0.29) is 55.4 Å². The first-order valence-electron chi connectivity index (χ1n) is 27.4. The van der Waals surface area contributed by atoms with E-state index in [1.165, 1.54) is 26.7 Å². The fourth-order valence-electron chi connectivity index (χ4n) is 9.99. The molecule has 0 amide bonds. The Hall–Kier alpha value is -2.39. The molecule has 0 radical (unpaired) electrons. The first-order valence-corrected chi connectivity index (χ1v) is 27.4. The molecule has 0 N–H and O–H groups in total. The number of rotatable bonds is 17. The summed E-state index contributed by atoms with van der Waals surface area (Å²) >= 11 is 0. The van der Waals surface area contributed by atoms with Crippen molar-refractivity contribution < 1.29 is 160 Å². The Morgan fingerprint density at radius 2 is 0.809 bits per heavy atom. The number of alkyl halides is 29. The van der Waals surface area contributed by atoms with Crippen molar-refractivity contribution >= 4 is 0 Å². The highest BCUT2D eigenvalue weighted by Crippen LogP contribution is 2.59. The molecule has 2 aliphatic heterocycles. The molecule has 7 atom stereocenters. The summed E-state index contributed by atoms with van der Waals surface area (Å²) in [6, 6.07) is -9.98. The highest BCUT2D eigenvalue weighted by Gasteiger charge is 2.90. The number of likely N-dealkylation sites (tertiary alicyclic amines) is 1. The van der Waals surface area contributed by atoms with Crippen molar-refractivity contribution in [1.82, 2.24) is 9.80 Å². The zero-order valence-corrected chi connectivity index (χ0v) is 50.1. The maximum Gasteiger partial charge on any atom is 0.452 e. The van der Waals surface area contributed by atoms with Crippen LogP contribution in [0.4, 0.5) is 127 Å². The number of halogens is 29. The SMILES string of the molecule is CCOC(F)(F)C(F)(F)C(F)(F)N1CCC(C)CC1.CCOC(F)(F)C1CCCC1.COC(C)(F)F.COC(F)(C(F)(F)F)C(F)(C(F)(F)F)C(F)(F)F.COC(F)(F)C(F)(F)C(F)(F)N1CC(C)OC(C)C1.COC(F)(F)C1CCC2CC(C)CCC2C1. The number of ether oxygens (including phenoxy) is 7. The first kappa shape index (κ1) is 86.6. The average Bonchev–Trinajstić information content (AvgIpc) is 3.60. The molecular formula is C51H77F29N2O7. The summed E-state index contributed by atoms with van der Waals surface area (Å²) in [7, 11) is 1.85. The van der Waals surface area contributed by atoms with Gasteiger partial charge in [-0.1, -0.05) is 33.1 Å². The van der Waals surface area contributed by atoms with Crippen LogP contribution in [0, 0.1) is 35.5 Å². The lowest BCUT2D eigenvalue weighted by Crippen LogP contribution is -2.71. The summed E-state index contributed by atoms with van der Waals surface area (Å²) in [6.07, 6.45) is -32.6. The van der Waals surface area contributed by atoms with E-state index in [0.29, 0.717) is 44.4 Å². The van der Waals surface area contributed by atoms with Crippen LogP contribution in [-0.4, -0.2) is 174 Å². The topological polar surface area (TPSA) is 71.1 Å². The quantitative estimate of drug-likeness (QED) is 0.105. The Morgan fingerprint density at radius 3 is 1.17 bits per heavy atom. The minimum atomic E-state index is -7.25. The van der Waals surface area contributed by atoms with Crippen LogP contribution in [0.3, 0.4) is 0 Å². The van der Waals surface area contributed by atoms with E-state index < -0.39 is 135 Å². The van der Waals surface area contributed by atoms with Gasteiger partial charge in [0.05, 0.1) is 37.3 Å². The van der Waals surface area contributed by atoms with Crippen LogP contribution in [0.2, 0.25) is 0 Å². The van der Waals surface area contributed by atoms with Gasteiger partial charge in [0.25, 0.3) is 0 Å². The second kappa shape index (κ2) is 32.8. The maximum absolute atomic E-state index is 13.7. The predicted octanol–water partition coefficient (Wildman–Crippen LogP) is 18.0. The third-order valence-electron chi connectivity index (χ3n) is 15.1. The summed E-state index contributed by atoms with van der Waals surface area (Å²) in [6.45, 7) is 7.67. The van der Waals surface area contributed by atoms with E-state index in [4.69, 9.17) is 4.74 Å². The molecule has 2 saturated heterocycles. The minimum Gasteiger partial charge on any atom is -0.373 e. The van der Waals surface area contributed by atoms with Crippen LogP contribution in [0.15, 0.2) is 0 Å². The molecule has 536 valence electrons. The molecule has 9 nitrogen and oxygen atoms in total. The molecule has 0 aromatic heterocycles. The third-order valence-corrected chi connectivity index (χ3v) is 15.1. The lowest BCUT2D eigenvalue weighted by molar-refractivity contribution is -0.465. The molecular weight excluding hydrogens is 1300 g/mol. The fraction of sp³-hybridized carbons (Fsp3) is 1.00. The highest BCUT2D eigenvalue weighted by molar-refractivity contribution is 5.09. The summed E-state index contributed by atoms with van der Waals surface area (Å²) in [5.74, 6) is -16.8. The average molecular weight is 1380 g/mol. The number of hydrogen-bond donors (Lipinski definition) is 0. The predicted molar refractivity (Wildman–Crippen MR) is 258 cm³/mol. The Bertz CT molecular complexity index is 1990. The number of fused-ring (bicyclic) bond motifs is 1. The highest BCUT2D eigenvalue weighted by atomic mass is 19.4. The van der Waals surface area contributed by atoms with Gasteiger partial charge in [-0.15, -0.1) is 0 Å². The molecule has 5 aliphatic rings. The molecule has 5 fully saturated rings. The summed E-state index contributed by atoms with van der Waals surface area (Å²) in [5.41, 5.74) is -7.25. The number of piperidine rings is 1. The second-order valence-electron chi connectivity index (χ2n) is 21.9. The van der Waals surface area contributed by atoms with E-state index in [0.717, 1.165) is 52.7 Å². The first-order chi connectivity index (χ1) is 39.8. The zero-order chi connectivity index (χ0) is 70.5. The molecule has 0 bridgehead atoms. The van der Waals surface area contributed by atoms with Crippen molar-refractivity contribution in [2.45, 2.75) is 222 Å². The molecule has 3 aliphatic carbocycles. The third kappa shape index (κ3) is 22.1. The molecule has 3 saturated carbocycles. The molecule has 0 aromatic carbocycles.